The van der Waals surface area contributed by atoms with Gasteiger partial charge in [0.05, 0.1) is 7.11 Å². The van der Waals surface area contributed by atoms with Crippen LogP contribution in [0.15, 0.2) is 0 Å². The van der Waals surface area contributed by atoms with Crippen molar-refractivity contribution in [2.45, 2.75) is 37.8 Å². The van der Waals surface area contributed by atoms with Crippen molar-refractivity contribution in [3.05, 3.63) is 0 Å². The van der Waals surface area contributed by atoms with Gasteiger partial charge in [-0.2, -0.15) is 12.7 Å². The summed E-state index contributed by atoms with van der Waals surface area (Å²) in [5.41, 5.74) is 0. The zero-order valence-electron chi connectivity index (χ0n) is 11.0. The summed E-state index contributed by atoms with van der Waals surface area (Å²) < 4.78 is 31.1. The minimum atomic E-state index is -3.81. The van der Waals surface area contributed by atoms with E-state index in [2.05, 4.69) is 10.1 Å². The smallest absolute Gasteiger partial charge is 0.421 e. The summed E-state index contributed by atoms with van der Waals surface area (Å²) in [5, 5.41) is 3.19. The van der Waals surface area contributed by atoms with Gasteiger partial charge in [0, 0.05) is 19.1 Å². The lowest BCUT2D eigenvalue weighted by Crippen LogP contribution is -2.48. The Balaban J connectivity index is 2.59. The number of nitrogens with one attached hydrogen (secondary N) is 2. The fourth-order valence-electron chi connectivity index (χ4n) is 2.14. The summed E-state index contributed by atoms with van der Waals surface area (Å²) in [7, 11) is 0.710. The Morgan fingerprint density at radius 3 is 2.28 bits per heavy atom. The molecule has 0 aliphatic heterocycles. The summed E-state index contributed by atoms with van der Waals surface area (Å²) in [4.78, 5) is 11.0. The van der Waals surface area contributed by atoms with E-state index in [0.29, 0.717) is 6.04 Å². The molecule has 0 radical (unpaired) electrons. The first kappa shape index (κ1) is 15.2. The summed E-state index contributed by atoms with van der Waals surface area (Å²) >= 11 is 0. The number of hydrogen-bond donors (Lipinski definition) is 2. The second-order valence-corrected chi connectivity index (χ2v) is 6.14. The monoisotopic (exact) mass is 279 g/mol. The maximum atomic E-state index is 11.8. The molecule has 1 fully saturated rings. The number of methoxy groups -OCH3 is 1. The first-order valence-electron chi connectivity index (χ1n) is 5.91. The first-order chi connectivity index (χ1) is 8.40. The van der Waals surface area contributed by atoms with Crippen molar-refractivity contribution < 1.29 is 17.9 Å². The Morgan fingerprint density at radius 2 is 1.83 bits per heavy atom. The molecule has 1 amide bonds. The summed E-state index contributed by atoms with van der Waals surface area (Å²) in [6, 6.07) is 0.377. The number of rotatable bonds is 4. The third-order valence-electron chi connectivity index (χ3n) is 3.40. The number of carbonyl (C=O) groups excluding carboxylic acids is 1. The Bertz CT molecular complexity index is 377. The van der Waals surface area contributed by atoms with Crippen molar-refractivity contribution in [1.82, 2.24) is 14.3 Å². The molecular formula is C10H21N3O4S. The molecule has 8 heteroatoms. The lowest BCUT2D eigenvalue weighted by atomic mass is 9.91. The minimum Gasteiger partial charge on any atom is -0.452 e. The maximum Gasteiger partial charge on any atom is 0.421 e. The topological polar surface area (TPSA) is 87.7 Å². The van der Waals surface area contributed by atoms with E-state index in [1.165, 1.54) is 11.4 Å². The minimum absolute atomic E-state index is 0.0724. The van der Waals surface area contributed by atoms with Crippen LogP contribution in [0.4, 0.5) is 4.79 Å². The van der Waals surface area contributed by atoms with Crippen LogP contribution < -0.4 is 10.0 Å². The van der Waals surface area contributed by atoms with Gasteiger partial charge in [0.25, 0.3) is 0 Å². The molecule has 0 heterocycles. The Morgan fingerprint density at radius 1 is 1.28 bits per heavy atom. The molecule has 1 rings (SSSR count). The summed E-state index contributed by atoms with van der Waals surface area (Å²) in [5.74, 6) is 0. The first-order valence-corrected chi connectivity index (χ1v) is 7.35. The quantitative estimate of drug-likeness (QED) is 0.759. The standard InChI is InChI=1S/C10H21N3O4S/c1-11-8-4-6-9(7-5-8)13(2)18(15,16)12-10(14)17-3/h8-9,11H,4-7H2,1-3H3,(H,12,14). The van der Waals surface area contributed by atoms with E-state index in [0.717, 1.165) is 32.8 Å². The molecule has 0 bridgehead atoms. The SMILES string of the molecule is CNC1CCC(N(C)S(=O)(=O)NC(=O)OC)CC1. The molecule has 2 N–H and O–H groups in total. The van der Waals surface area contributed by atoms with Crippen LogP contribution in [0.2, 0.25) is 0 Å². The van der Waals surface area contributed by atoms with E-state index < -0.39 is 16.3 Å². The van der Waals surface area contributed by atoms with Crippen molar-refractivity contribution in [1.29, 1.82) is 0 Å². The van der Waals surface area contributed by atoms with Crippen molar-refractivity contribution in [2.75, 3.05) is 21.2 Å². The van der Waals surface area contributed by atoms with Gasteiger partial charge in [-0.15, -0.1) is 0 Å². The van der Waals surface area contributed by atoms with Crippen LogP contribution in [-0.2, 0) is 14.9 Å². The van der Waals surface area contributed by atoms with Gasteiger partial charge in [-0.05, 0) is 32.7 Å². The number of carbonyl (C=O) groups is 1. The van der Waals surface area contributed by atoms with E-state index >= 15 is 0 Å². The van der Waals surface area contributed by atoms with Crippen LogP contribution >= 0.6 is 0 Å². The van der Waals surface area contributed by atoms with Gasteiger partial charge in [0.15, 0.2) is 0 Å². The average molecular weight is 279 g/mol. The highest BCUT2D eigenvalue weighted by Crippen LogP contribution is 2.23. The molecule has 0 aromatic heterocycles. The zero-order valence-corrected chi connectivity index (χ0v) is 11.8. The fraction of sp³-hybridized carbons (Fsp3) is 0.900. The van der Waals surface area contributed by atoms with Crippen LogP contribution in [0.1, 0.15) is 25.7 Å². The van der Waals surface area contributed by atoms with Crippen LogP contribution in [0.3, 0.4) is 0 Å². The zero-order chi connectivity index (χ0) is 13.8. The van der Waals surface area contributed by atoms with E-state index in [1.807, 2.05) is 11.8 Å². The molecule has 0 aromatic rings. The van der Waals surface area contributed by atoms with Crippen molar-refractivity contribution in [2.24, 2.45) is 0 Å². The van der Waals surface area contributed by atoms with E-state index in [-0.39, 0.29) is 6.04 Å². The molecule has 1 aliphatic carbocycles. The van der Waals surface area contributed by atoms with Crippen LogP contribution in [-0.4, -0.2) is 52.1 Å². The second-order valence-electron chi connectivity index (χ2n) is 4.41. The van der Waals surface area contributed by atoms with E-state index in [1.54, 1.807) is 0 Å². The van der Waals surface area contributed by atoms with Crippen LogP contribution in [0.5, 0.6) is 0 Å². The van der Waals surface area contributed by atoms with Crippen LogP contribution in [0.25, 0.3) is 0 Å². The third kappa shape index (κ3) is 3.82. The van der Waals surface area contributed by atoms with Gasteiger partial charge >= 0.3 is 16.3 Å². The van der Waals surface area contributed by atoms with Gasteiger partial charge in [-0.3, -0.25) is 0 Å². The molecular weight excluding hydrogens is 258 g/mol. The van der Waals surface area contributed by atoms with E-state index in [9.17, 15) is 13.2 Å². The third-order valence-corrected chi connectivity index (χ3v) is 4.88. The van der Waals surface area contributed by atoms with Crippen molar-refractivity contribution in [3.63, 3.8) is 0 Å². The second kappa shape index (κ2) is 6.35. The number of nitrogens with zero attached hydrogens (tertiary/aromatic N) is 1. The van der Waals surface area contributed by atoms with Gasteiger partial charge in [-0.1, -0.05) is 0 Å². The highest BCUT2D eigenvalue weighted by molar-refractivity contribution is 7.87. The van der Waals surface area contributed by atoms with Crippen LogP contribution in [0, 0.1) is 0 Å². The predicted octanol–water partition coefficient (Wildman–Crippen LogP) is 0.0496. The van der Waals surface area contributed by atoms with Gasteiger partial charge in [-0.25, -0.2) is 9.52 Å². The van der Waals surface area contributed by atoms with Gasteiger partial charge in [0.1, 0.15) is 0 Å². The van der Waals surface area contributed by atoms with Crippen molar-refractivity contribution in [3.8, 4) is 0 Å². The molecule has 0 atom stereocenters. The Kier molecular flexibility index (Phi) is 5.36. The van der Waals surface area contributed by atoms with Crippen molar-refractivity contribution >= 4 is 16.3 Å². The molecule has 1 saturated carbocycles. The number of hydrogen-bond acceptors (Lipinski definition) is 5. The molecule has 18 heavy (non-hydrogen) atoms. The summed E-state index contributed by atoms with van der Waals surface area (Å²) in [6.07, 6.45) is 2.46. The highest BCUT2D eigenvalue weighted by Gasteiger charge is 2.31. The average Bonchev–Trinajstić information content (AvgIpc) is 2.37. The lowest BCUT2D eigenvalue weighted by Gasteiger charge is -2.33. The lowest BCUT2D eigenvalue weighted by molar-refractivity contribution is 0.176. The Hall–Kier alpha value is -0.860. The van der Waals surface area contributed by atoms with Gasteiger partial charge < -0.3 is 10.1 Å². The predicted molar refractivity (Wildman–Crippen MR) is 67.3 cm³/mol. The normalized spacial score (nSPS) is 24.9. The molecule has 1 aliphatic rings. The Labute approximate surface area is 108 Å². The highest BCUT2D eigenvalue weighted by atomic mass is 32.2. The molecule has 0 unspecified atom stereocenters. The largest absolute Gasteiger partial charge is 0.452 e. The molecule has 106 valence electrons. The van der Waals surface area contributed by atoms with E-state index in [4.69, 9.17) is 0 Å². The fourth-order valence-corrected chi connectivity index (χ4v) is 3.18. The number of ether oxygens (including phenoxy) is 1. The maximum absolute atomic E-state index is 11.8. The van der Waals surface area contributed by atoms with Gasteiger partial charge in [0.2, 0.25) is 0 Å². The molecule has 0 aromatic carbocycles. The number of amides is 1. The summed E-state index contributed by atoms with van der Waals surface area (Å²) in [6.45, 7) is 0. The molecule has 0 saturated heterocycles. The molecule has 7 nitrogen and oxygen atoms in total. The molecule has 0 spiro atoms.